The summed E-state index contributed by atoms with van der Waals surface area (Å²) in [5.41, 5.74) is 0. The predicted molar refractivity (Wildman–Crippen MR) is 179 cm³/mol. The Bertz CT molecular complexity index is 736. The highest BCUT2D eigenvalue weighted by Crippen LogP contribution is 2.36. The first-order valence-electron chi connectivity index (χ1n) is 18.0. The number of carbonyl (C=O) groups excluding carboxylic acids is 2. The SMILES string of the molecule is CCCC/C=C/CCCCCCCC(=O)O[C@H](COC(=O)CCCCCCCCCCCCCCCCC)COP(=O)(O)O. The van der Waals surface area contributed by atoms with Gasteiger partial charge in [-0.05, 0) is 32.1 Å². The molecule has 0 fully saturated rings. The standard InChI is InChI=1S/C35H67O8P/c1-3-5-7-9-11-13-15-16-17-18-20-21-23-25-27-29-34(36)41-31-33(32-42-44(38,39)40)43-35(37)30-28-26-24-22-19-14-12-10-8-6-4-2/h10,12,33H,3-9,11,13-32H2,1-2H3,(H2,38,39,40)/b12-10+/t33-/m1/s1. The highest BCUT2D eigenvalue weighted by atomic mass is 31.2. The van der Waals surface area contributed by atoms with Crippen molar-refractivity contribution < 1.29 is 37.9 Å². The zero-order chi connectivity index (χ0) is 32.6. The van der Waals surface area contributed by atoms with Crippen LogP contribution in [0.2, 0.25) is 0 Å². The van der Waals surface area contributed by atoms with Gasteiger partial charge in [0.05, 0.1) is 6.61 Å². The van der Waals surface area contributed by atoms with E-state index in [0.29, 0.717) is 6.42 Å². The minimum Gasteiger partial charge on any atom is -0.462 e. The van der Waals surface area contributed by atoms with Crippen LogP contribution in [0.4, 0.5) is 0 Å². The van der Waals surface area contributed by atoms with Crippen molar-refractivity contribution in [3.8, 4) is 0 Å². The van der Waals surface area contributed by atoms with Gasteiger partial charge in [-0.2, -0.15) is 0 Å². The van der Waals surface area contributed by atoms with Crippen molar-refractivity contribution in [1.29, 1.82) is 0 Å². The summed E-state index contributed by atoms with van der Waals surface area (Å²) in [6.45, 7) is 3.63. The highest BCUT2D eigenvalue weighted by Gasteiger charge is 2.22. The molecule has 44 heavy (non-hydrogen) atoms. The largest absolute Gasteiger partial charge is 0.469 e. The summed E-state index contributed by atoms with van der Waals surface area (Å²) in [7, 11) is -4.74. The Morgan fingerprint density at radius 3 is 1.45 bits per heavy atom. The van der Waals surface area contributed by atoms with Gasteiger partial charge < -0.3 is 19.3 Å². The molecule has 0 saturated heterocycles. The molecule has 0 aliphatic carbocycles. The third-order valence-corrected chi connectivity index (χ3v) is 8.27. The zero-order valence-electron chi connectivity index (χ0n) is 28.3. The fourth-order valence-corrected chi connectivity index (χ4v) is 5.42. The molecule has 0 rings (SSSR count). The Kier molecular flexibility index (Phi) is 30.9. The fraction of sp³-hybridized carbons (Fsp3) is 0.886. The number of esters is 2. The van der Waals surface area contributed by atoms with E-state index in [9.17, 15) is 14.2 Å². The summed E-state index contributed by atoms with van der Waals surface area (Å²) in [6.07, 6.45) is 32.2. The second-order valence-electron chi connectivity index (χ2n) is 12.2. The molecule has 260 valence electrons. The maximum Gasteiger partial charge on any atom is 0.469 e. The maximum atomic E-state index is 12.3. The van der Waals surface area contributed by atoms with Gasteiger partial charge in [0, 0.05) is 12.8 Å². The van der Waals surface area contributed by atoms with Gasteiger partial charge in [-0.1, -0.05) is 148 Å². The van der Waals surface area contributed by atoms with Gasteiger partial charge in [0.1, 0.15) is 6.61 Å². The van der Waals surface area contributed by atoms with Crippen molar-refractivity contribution in [2.24, 2.45) is 0 Å². The lowest BCUT2D eigenvalue weighted by molar-refractivity contribution is -0.161. The first kappa shape index (κ1) is 42.8. The van der Waals surface area contributed by atoms with Gasteiger partial charge in [0.15, 0.2) is 6.10 Å². The summed E-state index contributed by atoms with van der Waals surface area (Å²) in [6, 6.07) is 0. The van der Waals surface area contributed by atoms with E-state index in [0.717, 1.165) is 57.8 Å². The molecule has 2 N–H and O–H groups in total. The average Bonchev–Trinajstić information content (AvgIpc) is 2.98. The predicted octanol–water partition coefficient (Wildman–Crippen LogP) is 10.3. The minimum atomic E-state index is -4.74. The lowest BCUT2D eigenvalue weighted by atomic mass is 10.0. The zero-order valence-corrected chi connectivity index (χ0v) is 29.2. The fourth-order valence-electron chi connectivity index (χ4n) is 5.06. The Labute approximate surface area is 269 Å². The molecule has 0 aliphatic rings. The van der Waals surface area contributed by atoms with E-state index in [1.807, 2.05) is 0 Å². The summed E-state index contributed by atoms with van der Waals surface area (Å²) >= 11 is 0. The molecule has 0 unspecified atom stereocenters. The van der Waals surface area contributed by atoms with Crippen molar-refractivity contribution in [2.45, 2.75) is 187 Å². The van der Waals surface area contributed by atoms with E-state index in [4.69, 9.17) is 19.3 Å². The van der Waals surface area contributed by atoms with E-state index in [-0.39, 0.29) is 19.4 Å². The topological polar surface area (TPSA) is 119 Å². The third-order valence-electron chi connectivity index (χ3n) is 7.78. The number of phosphoric ester groups is 1. The van der Waals surface area contributed by atoms with Crippen molar-refractivity contribution in [1.82, 2.24) is 0 Å². The molecule has 0 aromatic carbocycles. The first-order valence-corrected chi connectivity index (χ1v) is 19.5. The minimum absolute atomic E-state index is 0.205. The lowest BCUT2D eigenvalue weighted by Gasteiger charge is -2.18. The molecule has 0 amide bonds. The summed E-state index contributed by atoms with van der Waals surface area (Å²) in [4.78, 5) is 42.5. The van der Waals surface area contributed by atoms with E-state index < -0.39 is 32.5 Å². The molecule has 8 nitrogen and oxygen atoms in total. The summed E-state index contributed by atoms with van der Waals surface area (Å²) < 4.78 is 26.2. The normalized spacial score (nSPS) is 12.5. The molecule has 9 heteroatoms. The van der Waals surface area contributed by atoms with E-state index in [2.05, 4.69) is 30.5 Å². The lowest BCUT2D eigenvalue weighted by Crippen LogP contribution is -2.29. The second kappa shape index (κ2) is 31.8. The van der Waals surface area contributed by atoms with Crippen LogP contribution in [-0.2, 0) is 28.2 Å². The molecule has 0 aromatic rings. The molecule has 0 heterocycles. The smallest absolute Gasteiger partial charge is 0.462 e. The number of carbonyl (C=O) groups is 2. The van der Waals surface area contributed by atoms with Crippen molar-refractivity contribution >= 4 is 19.8 Å². The molecule has 1 atom stereocenters. The van der Waals surface area contributed by atoms with Crippen molar-refractivity contribution in [3.63, 3.8) is 0 Å². The number of ether oxygens (including phenoxy) is 2. The van der Waals surface area contributed by atoms with Gasteiger partial charge in [-0.15, -0.1) is 0 Å². The molecule has 0 radical (unpaired) electrons. The summed E-state index contributed by atoms with van der Waals surface area (Å²) in [5, 5.41) is 0. The van der Waals surface area contributed by atoms with Crippen LogP contribution < -0.4 is 0 Å². The van der Waals surface area contributed by atoms with Crippen LogP contribution in [0.25, 0.3) is 0 Å². The number of allylic oxidation sites excluding steroid dienone is 2. The van der Waals surface area contributed by atoms with Crippen LogP contribution in [0.5, 0.6) is 0 Å². The number of unbranched alkanes of at least 4 members (excludes halogenated alkanes) is 21. The van der Waals surface area contributed by atoms with Gasteiger partial charge in [0.2, 0.25) is 0 Å². The Balaban J connectivity index is 3.95. The Morgan fingerprint density at radius 1 is 0.568 bits per heavy atom. The van der Waals surface area contributed by atoms with E-state index >= 15 is 0 Å². The van der Waals surface area contributed by atoms with Crippen LogP contribution in [-0.4, -0.2) is 41.0 Å². The van der Waals surface area contributed by atoms with E-state index in [1.54, 1.807) is 0 Å². The van der Waals surface area contributed by atoms with Crippen molar-refractivity contribution in [3.05, 3.63) is 12.2 Å². The molecular weight excluding hydrogens is 579 g/mol. The van der Waals surface area contributed by atoms with Crippen LogP contribution in [0, 0.1) is 0 Å². The van der Waals surface area contributed by atoms with Crippen LogP contribution in [0.3, 0.4) is 0 Å². The van der Waals surface area contributed by atoms with Crippen LogP contribution >= 0.6 is 7.82 Å². The highest BCUT2D eigenvalue weighted by molar-refractivity contribution is 7.46. The number of rotatable bonds is 33. The molecule has 0 bridgehead atoms. The average molecular weight is 647 g/mol. The number of phosphoric acid groups is 1. The molecule has 0 aromatic heterocycles. The first-order chi connectivity index (χ1) is 21.3. The number of hydrogen-bond donors (Lipinski definition) is 2. The van der Waals surface area contributed by atoms with Gasteiger partial charge in [0.25, 0.3) is 0 Å². The molecule has 0 saturated carbocycles. The van der Waals surface area contributed by atoms with Crippen LogP contribution in [0.15, 0.2) is 12.2 Å². The molecule has 0 aliphatic heterocycles. The Morgan fingerprint density at radius 2 is 0.977 bits per heavy atom. The Hall–Kier alpha value is -1.21. The van der Waals surface area contributed by atoms with E-state index in [1.165, 1.54) is 89.9 Å². The third kappa shape index (κ3) is 33.7. The van der Waals surface area contributed by atoms with Gasteiger partial charge in [-0.3, -0.25) is 14.1 Å². The number of hydrogen-bond acceptors (Lipinski definition) is 6. The summed E-state index contributed by atoms with van der Waals surface area (Å²) in [5.74, 6) is -0.890. The van der Waals surface area contributed by atoms with Crippen LogP contribution in [0.1, 0.15) is 181 Å². The van der Waals surface area contributed by atoms with Gasteiger partial charge in [-0.25, -0.2) is 4.57 Å². The van der Waals surface area contributed by atoms with Crippen molar-refractivity contribution in [2.75, 3.05) is 13.2 Å². The van der Waals surface area contributed by atoms with Gasteiger partial charge >= 0.3 is 19.8 Å². The quantitative estimate of drug-likeness (QED) is 0.0313. The second-order valence-corrected chi connectivity index (χ2v) is 13.4. The monoisotopic (exact) mass is 646 g/mol. The molecule has 0 spiro atoms. The molecular formula is C35H67O8P. The maximum absolute atomic E-state index is 12.3.